The second-order valence-corrected chi connectivity index (χ2v) is 8.99. The van der Waals surface area contributed by atoms with Crippen LogP contribution in [0.1, 0.15) is 36.8 Å². The van der Waals surface area contributed by atoms with Gasteiger partial charge < -0.3 is 20.3 Å². The summed E-state index contributed by atoms with van der Waals surface area (Å²) in [5.74, 6) is -0.0630. The lowest BCUT2D eigenvalue weighted by atomic mass is 10.0. The van der Waals surface area contributed by atoms with Gasteiger partial charge in [0.25, 0.3) is 5.91 Å². The SMILES string of the molecule is CNC(=O)c1cnc(NC(=O)OC(C)(C)C)cc1Nc1cccc2c1N(C)Cc1nn(C)nc1-2. The van der Waals surface area contributed by atoms with E-state index in [1.807, 2.05) is 25.2 Å². The smallest absolute Gasteiger partial charge is 0.413 e. The van der Waals surface area contributed by atoms with Gasteiger partial charge in [-0.3, -0.25) is 10.1 Å². The summed E-state index contributed by atoms with van der Waals surface area (Å²) >= 11 is 0. The fourth-order valence-corrected chi connectivity index (χ4v) is 3.81. The highest BCUT2D eigenvalue weighted by molar-refractivity contribution is 6.02. The normalized spacial score (nSPS) is 12.5. The predicted octanol–water partition coefficient (Wildman–Crippen LogP) is 3.28. The number of carbonyl (C=O) groups excluding carboxylic acids is 2. The van der Waals surface area contributed by atoms with Crippen LogP contribution in [0.3, 0.4) is 0 Å². The second kappa shape index (κ2) is 8.65. The maximum Gasteiger partial charge on any atom is 0.413 e. The van der Waals surface area contributed by atoms with Crippen molar-refractivity contribution in [3.8, 4) is 11.3 Å². The number of aromatic nitrogens is 4. The van der Waals surface area contributed by atoms with Crippen LogP contribution in [0.15, 0.2) is 30.5 Å². The van der Waals surface area contributed by atoms with Crippen molar-refractivity contribution in [2.24, 2.45) is 7.05 Å². The van der Waals surface area contributed by atoms with E-state index in [1.54, 1.807) is 45.7 Å². The summed E-state index contributed by atoms with van der Waals surface area (Å²) in [6, 6.07) is 7.43. The molecule has 11 nitrogen and oxygen atoms in total. The van der Waals surface area contributed by atoms with Crippen LogP contribution >= 0.6 is 0 Å². The molecule has 178 valence electrons. The Bertz CT molecular complexity index is 1260. The summed E-state index contributed by atoms with van der Waals surface area (Å²) in [6.07, 6.45) is 0.777. The van der Waals surface area contributed by atoms with Gasteiger partial charge in [0, 0.05) is 39.0 Å². The number of pyridine rings is 1. The van der Waals surface area contributed by atoms with Crippen LogP contribution in [0, 0.1) is 0 Å². The topological polar surface area (TPSA) is 126 Å². The second-order valence-electron chi connectivity index (χ2n) is 8.99. The Morgan fingerprint density at radius 3 is 2.59 bits per heavy atom. The van der Waals surface area contributed by atoms with Crippen molar-refractivity contribution in [2.45, 2.75) is 32.9 Å². The molecule has 34 heavy (non-hydrogen) atoms. The molecule has 0 saturated carbocycles. The van der Waals surface area contributed by atoms with E-state index in [0.29, 0.717) is 17.8 Å². The number of amides is 2. The van der Waals surface area contributed by atoms with Crippen LogP contribution in [-0.4, -0.2) is 51.7 Å². The number of nitrogens with one attached hydrogen (secondary N) is 3. The number of hydrogen-bond donors (Lipinski definition) is 3. The molecule has 1 aliphatic rings. The molecule has 3 N–H and O–H groups in total. The van der Waals surface area contributed by atoms with E-state index in [0.717, 1.165) is 28.3 Å². The average Bonchev–Trinajstić information content (AvgIpc) is 3.12. The number of nitrogens with zero attached hydrogens (tertiary/aromatic N) is 5. The molecule has 1 aliphatic heterocycles. The third-order valence-electron chi connectivity index (χ3n) is 5.12. The van der Waals surface area contributed by atoms with Gasteiger partial charge in [-0.25, -0.2) is 9.78 Å². The molecule has 2 amide bonds. The first kappa shape index (κ1) is 23.0. The minimum atomic E-state index is -0.653. The van der Waals surface area contributed by atoms with Crippen molar-refractivity contribution >= 4 is 34.9 Å². The highest BCUT2D eigenvalue weighted by Gasteiger charge is 2.27. The van der Waals surface area contributed by atoms with Crippen molar-refractivity contribution in [2.75, 3.05) is 29.6 Å². The Hall–Kier alpha value is -4.15. The first-order valence-corrected chi connectivity index (χ1v) is 10.8. The lowest BCUT2D eigenvalue weighted by molar-refractivity contribution is 0.0635. The van der Waals surface area contributed by atoms with Gasteiger partial charge in [0.1, 0.15) is 22.8 Å². The van der Waals surface area contributed by atoms with E-state index in [4.69, 9.17) is 4.74 Å². The van der Waals surface area contributed by atoms with Crippen LogP contribution in [0.2, 0.25) is 0 Å². The third-order valence-corrected chi connectivity index (χ3v) is 5.12. The molecule has 0 fully saturated rings. The van der Waals surface area contributed by atoms with Crippen LogP contribution in [0.5, 0.6) is 0 Å². The molecule has 0 spiro atoms. The molecule has 0 atom stereocenters. The summed E-state index contributed by atoms with van der Waals surface area (Å²) in [5.41, 5.74) is 4.51. The zero-order valence-electron chi connectivity index (χ0n) is 20.1. The predicted molar refractivity (Wildman–Crippen MR) is 129 cm³/mol. The highest BCUT2D eigenvalue weighted by Crippen LogP contribution is 2.42. The molecule has 11 heteroatoms. The Kier molecular flexibility index (Phi) is 5.86. The standard InChI is InChI=1S/C23H28N8O3/c1-23(2,3)34-22(33)27-18-10-16(14(11-25-18)21(32)24-4)26-15-9-7-8-13-19-17(28-31(6)29-19)12-30(5)20(13)15/h7-11H,12H2,1-6H3,(H,24,32)(H2,25,26,27,33). The molecule has 0 aliphatic carbocycles. The van der Waals surface area contributed by atoms with Crippen LogP contribution in [0.25, 0.3) is 11.3 Å². The van der Waals surface area contributed by atoms with Gasteiger partial charge in [-0.2, -0.15) is 15.0 Å². The van der Waals surface area contributed by atoms with Crippen molar-refractivity contribution in [3.63, 3.8) is 0 Å². The van der Waals surface area contributed by atoms with Crippen molar-refractivity contribution in [3.05, 3.63) is 41.7 Å². The molecule has 3 aromatic rings. The Morgan fingerprint density at radius 2 is 1.88 bits per heavy atom. The van der Waals surface area contributed by atoms with E-state index in [2.05, 4.69) is 36.0 Å². The zero-order chi connectivity index (χ0) is 24.6. The quantitative estimate of drug-likeness (QED) is 0.537. The highest BCUT2D eigenvalue weighted by atomic mass is 16.6. The molecular weight excluding hydrogens is 436 g/mol. The van der Waals surface area contributed by atoms with Gasteiger partial charge in [-0.15, -0.1) is 0 Å². The summed E-state index contributed by atoms with van der Waals surface area (Å²) in [5, 5.41) is 17.6. The molecule has 1 aromatic carbocycles. The molecule has 0 saturated heterocycles. The monoisotopic (exact) mass is 464 g/mol. The molecule has 2 aromatic heterocycles. The molecule has 0 unspecified atom stereocenters. The summed E-state index contributed by atoms with van der Waals surface area (Å²) < 4.78 is 5.31. The fourth-order valence-electron chi connectivity index (χ4n) is 3.81. The van der Waals surface area contributed by atoms with Crippen molar-refractivity contribution in [1.29, 1.82) is 0 Å². The minimum Gasteiger partial charge on any atom is -0.444 e. The van der Waals surface area contributed by atoms with Gasteiger partial charge in [0.05, 0.1) is 29.2 Å². The summed E-state index contributed by atoms with van der Waals surface area (Å²) in [4.78, 5) is 32.6. The van der Waals surface area contributed by atoms with E-state index in [-0.39, 0.29) is 11.7 Å². The maximum absolute atomic E-state index is 12.5. The van der Waals surface area contributed by atoms with Crippen LogP contribution < -0.4 is 20.9 Å². The zero-order valence-corrected chi connectivity index (χ0v) is 20.1. The number of aryl methyl sites for hydroxylation is 1. The lowest BCUT2D eigenvalue weighted by Gasteiger charge is -2.29. The minimum absolute atomic E-state index is 0.249. The molecule has 4 rings (SSSR count). The van der Waals surface area contributed by atoms with Crippen LogP contribution in [0.4, 0.5) is 27.7 Å². The lowest BCUT2D eigenvalue weighted by Crippen LogP contribution is -2.27. The number of ether oxygens (including phenoxy) is 1. The van der Waals surface area contributed by atoms with E-state index in [9.17, 15) is 9.59 Å². The fraction of sp³-hybridized carbons (Fsp3) is 0.348. The van der Waals surface area contributed by atoms with Gasteiger partial charge in [0.2, 0.25) is 0 Å². The summed E-state index contributed by atoms with van der Waals surface area (Å²) in [6.45, 7) is 5.93. The first-order valence-electron chi connectivity index (χ1n) is 10.8. The van der Waals surface area contributed by atoms with Crippen LogP contribution in [-0.2, 0) is 18.3 Å². The molecular formula is C23H28N8O3. The molecule has 0 radical (unpaired) electrons. The first-order chi connectivity index (χ1) is 16.1. The third kappa shape index (κ3) is 4.63. The molecule has 3 heterocycles. The van der Waals surface area contributed by atoms with E-state index in [1.165, 1.54) is 6.20 Å². The Morgan fingerprint density at radius 1 is 1.12 bits per heavy atom. The maximum atomic E-state index is 12.5. The van der Waals surface area contributed by atoms with Gasteiger partial charge in [0.15, 0.2) is 0 Å². The van der Waals surface area contributed by atoms with Crippen molar-refractivity contribution in [1.82, 2.24) is 25.3 Å². The number of benzene rings is 1. The summed E-state index contributed by atoms with van der Waals surface area (Å²) in [7, 11) is 5.32. The number of rotatable bonds is 4. The van der Waals surface area contributed by atoms with E-state index >= 15 is 0 Å². The van der Waals surface area contributed by atoms with Crippen molar-refractivity contribution < 1.29 is 14.3 Å². The Labute approximate surface area is 197 Å². The largest absolute Gasteiger partial charge is 0.444 e. The van der Waals surface area contributed by atoms with Gasteiger partial charge >= 0.3 is 6.09 Å². The van der Waals surface area contributed by atoms with E-state index < -0.39 is 11.7 Å². The average molecular weight is 465 g/mol. The van der Waals surface area contributed by atoms with Gasteiger partial charge in [-0.1, -0.05) is 12.1 Å². The number of fused-ring (bicyclic) bond motifs is 3. The number of anilines is 4. The van der Waals surface area contributed by atoms with Gasteiger partial charge in [-0.05, 0) is 26.8 Å². The Balaban J connectivity index is 1.72. The number of para-hydroxylation sites is 1. The molecule has 0 bridgehead atoms. The number of carbonyl (C=O) groups is 2. The number of hydrogen-bond acceptors (Lipinski definition) is 8.